The van der Waals surface area contributed by atoms with Gasteiger partial charge in [0, 0.05) is 6.07 Å². The van der Waals surface area contributed by atoms with Crippen LogP contribution in [0.5, 0.6) is 5.75 Å². The highest BCUT2D eigenvalue weighted by atomic mass is 19.2. The predicted octanol–water partition coefficient (Wildman–Crippen LogP) is 2.23. The molecule has 0 heterocycles. The lowest BCUT2D eigenvalue weighted by molar-refractivity contribution is 0.335. The van der Waals surface area contributed by atoms with Crippen molar-refractivity contribution in [2.75, 3.05) is 7.11 Å². The summed E-state index contributed by atoms with van der Waals surface area (Å²) in [6.07, 6.45) is 0. The topological polar surface area (TPSA) is 9.23 Å². The van der Waals surface area contributed by atoms with E-state index in [1.54, 1.807) is 0 Å². The smallest absolute Gasteiger partial charge is 0.204 e. The van der Waals surface area contributed by atoms with E-state index in [9.17, 15) is 26.3 Å². The Morgan fingerprint density at radius 2 is 1.36 bits per heavy atom. The maximum Gasteiger partial charge on any atom is 0.204 e. The minimum absolute atomic E-state index is 0.0340. The average molecular weight is 318 g/mol. The summed E-state index contributed by atoms with van der Waals surface area (Å²) in [5.74, 6) is -9.90. The Hall–Kier alpha value is -2.12. The van der Waals surface area contributed by atoms with Crippen LogP contribution in [0.25, 0.3) is 0 Å². The minimum atomic E-state index is -1.71. The van der Waals surface area contributed by atoms with E-state index < -0.39 is 53.4 Å². The average Bonchev–Trinajstić information content (AvgIpc) is 2.47. The molecule has 0 unspecified atom stereocenters. The van der Waals surface area contributed by atoms with Crippen molar-refractivity contribution >= 4 is 18.2 Å². The van der Waals surface area contributed by atoms with Gasteiger partial charge in [-0.3, -0.25) is 0 Å². The van der Waals surface area contributed by atoms with E-state index in [1.807, 2.05) is 0 Å². The third-order valence-electron chi connectivity index (χ3n) is 3.21. The second-order valence-electron chi connectivity index (χ2n) is 4.64. The number of hydrogen-bond donors (Lipinski definition) is 0. The normalized spacial score (nSPS) is 10.7. The zero-order chi connectivity index (χ0) is 16.6. The molecule has 22 heavy (non-hydrogen) atoms. The van der Waals surface area contributed by atoms with E-state index in [0.717, 1.165) is 13.2 Å². The van der Waals surface area contributed by atoms with E-state index in [0.29, 0.717) is 6.07 Å². The van der Waals surface area contributed by atoms with Gasteiger partial charge in [-0.25, -0.2) is 17.6 Å². The Balaban J connectivity index is 2.58. The lowest BCUT2D eigenvalue weighted by Crippen LogP contribution is -2.36. The Labute approximate surface area is 122 Å². The molecular formula is C14H9BF6O. The lowest BCUT2D eigenvalue weighted by Gasteiger charge is -2.11. The standard InChI is InChI=1S/C14H9BF6O/c1-5-3-6(8(17)4-7(5)16)15-9-10(18)12(20)14(22-2)13(21)11(9)19/h3-4,15H,1-2H3. The van der Waals surface area contributed by atoms with E-state index in [1.165, 1.54) is 6.92 Å². The van der Waals surface area contributed by atoms with Gasteiger partial charge in [0.1, 0.15) is 11.6 Å². The summed E-state index contributed by atoms with van der Waals surface area (Å²) in [5, 5.41) is 0. The van der Waals surface area contributed by atoms with Crippen molar-refractivity contribution in [2.45, 2.75) is 6.92 Å². The molecule has 0 aliphatic heterocycles. The molecule has 2 rings (SSSR count). The van der Waals surface area contributed by atoms with Crippen LogP contribution in [0, 0.1) is 41.8 Å². The van der Waals surface area contributed by atoms with Crippen LogP contribution in [0.3, 0.4) is 0 Å². The van der Waals surface area contributed by atoms with Crippen molar-refractivity contribution in [1.29, 1.82) is 0 Å². The number of aryl methyl sites for hydroxylation is 1. The van der Waals surface area contributed by atoms with Gasteiger partial charge in [-0.05, 0) is 23.4 Å². The van der Waals surface area contributed by atoms with Gasteiger partial charge in [0.2, 0.25) is 18.9 Å². The van der Waals surface area contributed by atoms with Gasteiger partial charge in [0.05, 0.1) is 7.11 Å². The summed E-state index contributed by atoms with van der Waals surface area (Å²) in [5.41, 5.74) is -1.26. The van der Waals surface area contributed by atoms with Crippen LogP contribution in [0.15, 0.2) is 12.1 Å². The minimum Gasteiger partial charge on any atom is -0.491 e. The molecule has 0 aromatic heterocycles. The molecule has 0 atom stereocenters. The number of halogens is 6. The number of benzene rings is 2. The summed E-state index contributed by atoms with van der Waals surface area (Å²) in [7, 11) is 0.0749. The van der Waals surface area contributed by atoms with Crippen LogP contribution in [-0.2, 0) is 0 Å². The van der Waals surface area contributed by atoms with Gasteiger partial charge in [-0.15, -0.1) is 0 Å². The maximum absolute atomic E-state index is 13.8. The molecule has 0 amide bonds. The van der Waals surface area contributed by atoms with Crippen molar-refractivity contribution in [3.63, 3.8) is 0 Å². The summed E-state index contributed by atoms with van der Waals surface area (Å²) in [6.45, 7) is 1.32. The highest BCUT2D eigenvalue weighted by Crippen LogP contribution is 2.24. The molecule has 1 nitrogen and oxygen atoms in total. The molecule has 116 valence electrons. The van der Waals surface area contributed by atoms with E-state index in [2.05, 4.69) is 4.74 Å². The third kappa shape index (κ3) is 2.65. The molecule has 0 spiro atoms. The Bertz CT molecular complexity index is 718. The Kier molecular flexibility index (Phi) is 4.39. The van der Waals surface area contributed by atoms with Crippen LogP contribution in [0.1, 0.15) is 5.56 Å². The zero-order valence-electron chi connectivity index (χ0n) is 11.5. The van der Waals surface area contributed by atoms with Gasteiger partial charge in [-0.1, -0.05) is 6.07 Å². The first-order valence-corrected chi connectivity index (χ1v) is 6.11. The van der Waals surface area contributed by atoms with Crippen molar-refractivity contribution in [2.24, 2.45) is 0 Å². The SMILES string of the molecule is COc1c(F)c(F)c(Bc2cc(C)c(F)cc2F)c(F)c1F. The van der Waals surface area contributed by atoms with E-state index >= 15 is 0 Å². The summed E-state index contributed by atoms with van der Waals surface area (Å²) in [6, 6.07) is 1.56. The van der Waals surface area contributed by atoms with Crippen LogP contribution in [0.4, 0.5) is 26.3 Å². The molecule has 0 saturated heterocycles. The quantitative estimate of drug-likeness (QED) is 0.479. The molecule has 0 fully saturated rings. The number of hydrogen-bond acceptors (Lipinski definition) is 1. The molecule has 2 aromatic carbocycles. The van der Waals surface area contributed by atoms with Gasteiger partial charge in [0.15, 0.2) is 17.4 Å². The fourth-order valence-electron chi connectivity index (χ4n) is 2.03. The summed E-state index contributed by atoms with van der Waals surface area (Å²) in [4.78, 5) is 0. The summed E-state index contributed by atoms with van der Waals surface area (Å²) < 4.78 is 85.9. The Morgan fingerprint density at radius 3 is 1.86 bits per heavy atom. The first kappa shape index (κ1) is 16.3. The zero-order valence-corrected chi connectivity index (χ0v) is 11.5. The lowest BCUT2D eigenvalue weighted by atomic mass is 9.63. The van der Waals surface area contributed by atoms with Crippen LogP contribution in [0.2, 0.25) is 0 Å². The van der Waals surface area contributed by atoms with Crippen LogP contribution >= 0.6 is 0 Å². The molecule has 0 N–H and O–H groups in total. The van der Waals surface area contributed by atoms with Crippen molar-refractivity contribution < 1.29 is 31.1 Å². The van der Waals surface area contributed by atoms with Gasteiger partial charge >= 0.3 is 0 Å². The highest BCUT2D eigenvalue weighted by Gasteiger charge is 2.27. The second kappa shape index (κ2) is 5.94. The number of methoxy groups -OCH3 is 1. The molecule has 8 heteroatoms. The highest BCUT2D eigenvalue weighted by molar-refractivity contribution is 6.67. The van der Waals surface area contributed by atoms with Crippen molar-refractivity contribution in [1.82, 2.24) is 0 Å². The number of ether oxygens (including phenoxy) is 1. The maximum atomic E-state index is 13.8. The molecule has 0 aliphatic rings. The second-order valence-corrected chi connectivity index (χ2v) is 4.64. The third-order valence-corrected chi connectivity index (χ3v) is 3.21. The first-order chi connectivity index (χ1) is 10.3. The van der Waals surface area contributed by atoms with Gasteiger partial charge in [-0.2, -0.15) is 8.78 Å². The molecular weight excluding hydrogens is 309 g/mol. The largest absolute Gasteiger partial charge is 0.491 e. The molecule has 2 aromatic rings. The van der Waals surface area contributed by atoms with E-state index in [-0.39, 0.29) is 11.0 Å². The van der Waals surface area contributed by atoms with Crippen LogP contribution < -0.4 is 15.7 Å². The molecule has 0 radical (unpaired) electrons. The molecule has 0 aliphatic carbocycles. The van der Waals surface area contributed by atoms with Gasteiger partial charge in [0.25, 0.3) is 0 Å². The number of rotatable bonds is 3. The fraction of sp³-hybridized carbons (Fsp3) is 0.143. The fourth-order valence-corrected chi connectivity index (χ4v) is 2.03. The predicted molar refractivity (Wildman–Crippen MR) is 70.3 cm³/mol. The summed E-state index contributed by atoms with van der Waals surface area (Å²) >= 11 is 0. The van der Waals surface area contributed by atoms with Crippen molar-refractivity contribution in [3.05, 3.63) is 52.6 Å². The molecule has 0 saturated carbocycles. The Morgan fingerprint density at radius 1 is 0.818 bits per heavy atom. The van der Waals surface area contributed by atoms with Crippen LogP contribution in [-0.4, -0.2) is 14.4 Å². The van der Waals surface area contributed by atoms with Gasteiger partial charge < -0.3 is 4.74 Å². The first-order valence-electron chi connectivity index (χ1n) is 6.11. The van der Waals surface area contributed by atoms with Crippen molar-refractivity contribution in [3.8, 4) is 5.75 Å². The van der Waals surface area contributed by atoms with E-state index in [4.69, 9.17) is 0 Å². The molecule has 0 bridgehead atoms. The monoisotopic (exact) mass is 318 g/mol.